The molecule has 0 saturated carbocycles. The molecule has 0 bridgehead atoms. The summed E-state index contributed by atoms with van der Waals surface area (Å²) >= 11 is 0. The average molecular weight is 521 g/mol. The van der Waals surface area contributed by atoms with Gasteiger partial charge in [0.15, 0.2) is 0 Å². The summed E-state index contributed by atoms with van der Waals surface area (Å²) in [6.07, 6.45) is 1.65. The number of amides is 2. The minimum atomic E-state index is -0.530. The first-order valence-corrected chi connectivity index (χ1v) is 12.1. The fraction of sp³-hybridized carbons (Fsp3) is 0.259. The Labute approximate surface area is 216 Å². The fourth-order valence-electron chi connectivity index (χ4n) is 4.60. The van der Waals surface area contributed by atoms with Crippen LogP contribution in [0.3, 0.4) is 0 Å². The summed E-state index contributed by atoms with van der Waals surface area (Å²) in [6, 6.07) is 7.72. The molecule has 196 valence electrons. The largest absolute Gasteiger partial charge is 0.381 e. The van der Waals surface area contributed by atoms with Gasteiger partial charge in [0.1, 0.15) is 23.0 Å². The van der Waals surface area contributed by atoms with Gasteiger partial charge in [-0.25, -0.2) is 13.8 Å². The second kappa shape index (κ2) is 9.82. The molecule has 9 nitrogen and oxygen atoms in total. The van der Waals surface area contributed by atoms with E-state index in [2.05, 4.69) is 20.3 Å². The Morgan fingerprint density at radius 3 is 2.53 bits per heavy atom. The van der Waals surface area contributed by atoms with Gasteiger partial charge < -0.3 is 20.2 Å². The molecule has 0 aliphatic carbocycles. The Morgan fingerprint density at radius 2 is 1.79 bits per heavy atom. The fourth-order valence-corrected chi connectivity index (χ4v) is 4.60. The van der Waals surface area contributed by atoms with E-state index in [-0.39, 0.29) is 58.9 Å². The summed E-state index contributed by atoms with van der Waals surface area (Å²) < 4.78 is 27.7. The number of nitrogens with zero attached hydrogens (tertiary/aromatic N) is 3. The van der Waals surface area contributed by atoms with Crippen molar-refractivity contribution in [1.29, 1.82) is 0 Å². The Balaban J connectivity index is 1.45. The van der Waals surface area contributed by atoms with Gasteiger partial charge in [0.2, 0.25) is 0 Å². The summed E-state index contributed by atoms with van der Waals surface area (Å²) in [4.78, 5) is 52.0. The second-order valence-corrected chi connectivity index (χ2v) is 9.65. The van der Waals surface area contributed by atoms with E-state index in [1.54, 1.807) is 25.1 Å². The Kier molecular flexibility index (Phi) is 6.53. The van der Waals surface area contributed by atoms with Crippen LogP contribution in [-0.2, 0) is 6.42 Å². The molecule has 11 heteroatoms. The Bertz CT molecular complexity index is 1570. The van der Waals surface area contributed by atoms with Gasteiger partial charge in [0, 0.05) is 25.3 Å². The topological polar surface area (TPSA) is 114 Å². The van der Waals surface area contributed by atoms with E-state index in [1.807, 2.05) is 19.0 Å². The quantitative estimate of drug-likeness (QED) is 0.307. The van der Waals surface area contributed by atoms with Crippen molar-refractivity contribution in [3.05, 3.63) is 81.3 Å². The lowest BCUT2D eigenvalue weighted by Gasteiger charge is -2.17. The number of rotatable bonds is 8. The summed E-state index contributed by atoms with van der Waals surface area (Å²) in [5.74, 6) is -1.56. The normalized spacial score (nSPS) is 14.0. The predicted molar refractivity (Wildman–Crippen MR) is 139 cm³/mol. The standard InChI is InChI=1S/C27H26F2N6O3/c1-14(10-15-11-16(28)4-5-19(15)29)31-20-6-7-30-25(36)23(20)24-32-21-12-17-18(13-22(21)33-24)27(38)35(26(17)37)9-8-34(2)3/h4-7,11-14H,8-10H2,1-3H3,(H,32,33)(H2,30,31,36). The van der Waals surface area contributed by atoms with Crippen LogP contribution < -0.4 is 10.9 Å². The molecule has 2 amide bonds. The van der Waals surface area contributed by atoms with Gasteiger partial charge in [0.25, 0.3) is 17.4 Å². The summed E-state index contributed by atoms with van der Waals surface area (Å²) in [6.45, 7) is 2.61. The van der Waals surface area contributed by atoms with E-state index in [0.717, 1.165) is 18.2 Å². The third kappa shape index (κ3) is 4.68. The number of benzene rings is 2. The lowest BCUT2D eigenvalue weighted by molar-refractivity contribution is 0.0645. The van der Waals surface area contributed by atoms with E-state index >= 15 is 0 Å². The van der Waals surface area contributed by atoms with Crippen molar-refractivity contribution in [1.82, 2.24) is 24.8 Å². The number of aromatic nitrogens is 3. The van der Waals surface area contributed by atoms with Crippen LogP contribution in [0.15, 0.2) is 47.4 Å². The molecule has 38 heavy (non-hydrogen) atoms. The second-order valence-electron chi connectivity index (χ2n) is 9.65. The number of likely N-dealkylation sites (N-methyl/N-ethyl adjacent to an activating group) is 1. The molecular weight excluding hydrogens is 494 g/mol. The van der Waals surface area contributed by atoms with Gasteiger partial charge in [-0.3, -0.25) is 19.3 Å². The smallest absolute Gasteiger partial charge is 0.261 e. The molecule has 0 fully saturated rings. The van der Waals surface area contributed by atoms with Crippen molar-refractivity contribution in [2.24, 2.45) is 0 Å². The lowest BCUT2D eigenvalue weighted by atomic mass is 10.1. The molecule has 5 rings (SSSR count). The first-order chi connectivity index (χ1) is 18.1. The number of hydrogen-bond acceptors (Lipinski definition) is 6. The highest BCUT2D eigenvalue weighted by Crippen LogP contribution is 2.30. The SMILES string of the molecule is CC(Cc1cc(F)ccc1F)Nc1cc[nH]c(=O)c1-c1nc2cc3c(cc2[nH]1)C(=O)N(CCN(C)C)C3=O. The molecule has 1 atom stereocenters. The van der Waals surface area contributed by atoms with Crippen molar-refractivity contribution < 1.29 is 18.4 Å². The van der Waals surface area contributed by atoms with E-state index in [9.17, 15) is 23.2 Å². The van der Waals surface area contributed by atoms with Crippen LogP contribution in [-0.4, -0.2) is 69.8 Å². The molecule has 4 aromatic rings. The van der Waals surface area contributed by atoms with E-state index in [4.69, 9.17) is 0 Å². The highest BCUT2D eigenvalue weighted by molar-refractivity contribution is 6.22. The molecule has 0 radical (unpaired) electrons. The number of pyridine rings is 1. The third-order valence-corrected chi connectivity index (χ3v) is 6.48. The number of halogens is 2. The van der Waals surface area contributed by atoms with Gasteiger partial charge in [0.05, 0.1) is 27.8 Å². The Hall–Kier alpha value is -4.38. The van der Waals surface area contributed by atoms with E-state index < -0.39 is 17.2 Å². The van der Waals surface area contributed by atoms with E-state index in [0.29, 0.717) is 23.3 Å². The zero-order chi connectivity index (χ0) is 27.1. The summed E-state index contributed by atoms with van der Waals surface area (Å²) in [7, 11) is 3.73. The number of imidazole rings is 1. The predicted octanol–water partition coefficient (Wildman–Crippen LogP) is 3.40. The first-order valence-electron chi connectivity index (χ1n) is 12.1. The summed E-state index contributed by atoms with van der Waals surface area (Å²) in [5, 5.41) is 3.19. The number of imide groups is 1. The molecule has 1 unspecified atom stereocenters. The number of carbonyl (C=O) groups is 2. The van der Waals surface area contributed by atoms with Crippen LogP contribution in [0.2, 0.25) is 0 Å². The number of anilines is 1. The lowest BCUT2D eigenvalue weighted by Crippen LogP contribution is -2.35. The van der Waals surface area contributed by atoms with Crippen molar-refractivity contribution in [3.63, 3.8) is 0 Å². The van der Waals surface area contributed by atoms with Gasteiger partial charge in [-0.15, -0.1) is 0 Å². The number of H-pyrrole nitrogens is 2. The molecule has 1 aliphatic rings. The molecule has 1 aliphatic heterocycles. The Morgan fingerprint density at radius 1 is 1.05 bits per heavy atom. The maximum absolute atomic E-state index is 14.1. The highest BCUT2D eigenvalue weighted by Gasteiger charge is 2.36. The summed E-state index contributed by atoms with van der Waals surface area (Å²) in [5.41, 5.74) is 1.91. The first kappa shape index (κ1) is 25.3. The minimum absolute atomic E-state index is 0.178. The van der Waals surface area contributed by atoms with Gasteiger partial charge >= 0.3 is 0 Å². The average Bonchev–Trinajstić information content (AvgIpc) is 3.36. The van der Waals surface area contributed by atoms with Crippen LogP contribution in [0.1, 0.15) is 33.2 Å². The number of aromatic amines is 2. The molecule has 0 saturated heterocycles. The van der Waals surface area contributed by atoms with Crippen molar-refractivity contribution >= 4 is 28.5 Å². The molecule has 3 N–H and O–H groups in total. The molecule has 0 spiro atoms. The maximum atomic E-state index is 14.1. The monoisotopic (exact) mass is 520 g/mol. The number of fused-ring (bicyclic) bond motifs is 2. The zero-order valence-corrected chi connectivity index (χ0v) is 21.1. The third-order valence-electron chi connectivity index (χ3n) is 6.48. The number of nitrogens with one attached hydrogen (secondary N) is 3. The molecule has 2 aromatic carbocycles. The number of carbonyl (C=O) groups excluding carboxylic acids is 2. The number of hydrogen-bond donors (Lipinski definition) is 3. The van der Waals surface area contributed by atoms with Crippen molar-refractivity contribution in [2.75, 3.05) is 32.5 Å². The zero-order valence-electron chi connectivity index (χ0n) is 21.1. The minimum Gasteiger partial charge on any atom is -0.381 e. The van der Waals surface area contributed by atoms with Crippen molar-refractivity contribution in [2.45, 2.75) is 19.4 Å². The maximum Gasteiger partial charge on any atom is 0.261 e. The van der Waals surface area contributed by atoms with Gasteiger partial charge in [-0.05, 0) is 69.4 Å². The molecule has 2 aromatic heterocycles. The molecular formula is C27H26F2N6O3. The highest BCUT2D eigenvalue weighted by atomic mass is 19.1. The van der Waals surface area contributed by atoms with Gasteiger partial charge in [-0.2, -0.15) is 0 Å². The van der Waals surface area contributed by atoms with E-state index in [1.165, 1.54) is 11.1 Å². The van der Waals surface area contributed by atoms with Crippen LogP contribution in [0.4, 0.5) is 14.5 Å². The van der Waals surface area contributed by atoms with Crippen LogP contribution in [0.5, 0.6) is 0 Å². The molecule has 3 heterocycles. The van der Waals surface area contributed by atoms with Crippen molar-refractivity contribution in [3.8, 4) is 11.4 Å². The van der Waals surface area contributed by atoms with Crippen LogP contribution in [0, 0.1) is 11.6 Å². The van der Waals surface area contributed by atoms with Crippen LogP contribution >= 0.6 is 0 Å². The van der Waals surface area contributed by atoms with Gasteiger partial charge in [-0.1, -0.05) is 0 Å². The van der Waals surface area contributed by atoms with Crippen LogP contribution in [0.25, 0.3) is 22.4 Å².